The maximum absolute atomic E-state index is 10.4. The molecule has 8 heavy (non-hydrogen) atoms. The van der Waals surface area contributed by atoms with Crippen LogP contribution in [0.5, 0.6) is 0 Å². The highest BCUT2D eigenvalue weighted by atomic mass is 35.5. The number of alkyl halides is 4. The average molecular weight is 216 g/mol. The van der Waals surface area contributed by atoms with Gasteiger partial charge in [0.1, 0.15) is 0 Å². The number of rotatable bonds is 2. The van der Waals surface area contributed by atoms with Gasteiger partial charge in [0.05, 0.1) is 10.8 Å². The third kappa shape index (κ3) is 3.36. The highest BCUT2D eigenvalue weighted by Crippen LogP contribution is 2.17. The summed E-state index contributed by atoms with van der Waals surface area (Å²) < 4.78 is 8.42. The van der Waals surface area contributed by atoms with Crippen LogP contribution in [0.3, 0.4) is 0 Å². The van der Waals surface area contributed by atoms with Gasteiger partial charge in [0.2, 0.25) is 0 Å². The van der Waals surface area contributed by atoms with Gasteiger partial charge in [-0.3, -0.25) is 4.21 Å². The summed E-state index contributed by atoms with van der Waals surface area (Å²) in [6, 6.07) is 0. The SMILES string of the molecule is O=S(C(Cl)Cl)C(Cl)Cl. The standard InChI is InChI=1S/C2H2Cl4OS/c3-1(4)8(7)2(5)6/h1-2H. The largest absolute Gasteiger partial charge is 0.254 e. The quantitative estimate of drug-likeness (QED) is 0.647. The third-order valence-corrected chi connectivity index (χ3v) is 3.16. The predicted octanol–water partition coefficient (Wildman–Crippen LogP) is 2.26. The van der Waals surface area contributed by atoms with E-state index in [1.807, 2.05) is 0 Å². The minimum Gasteiger partial charge on any atom is -0.254 e. The molecule has 0 rings (SSSR count). The van der Waals surface area contributed by atoms with Crippen LogP contribution in [0.2, 0.25) is 0 Å². The van der Waals surface area contributed by atoms with Crippen molar-refractivity contribution in [3.05, 3.63) is 0 Å². The summed E-state index contributed by atoms with van der Waals surface area (Å²) in [6.07, 6.45) is 0. The maximum Gasteiger partial charge on any atom is 0.184 e. The Balaban J connectivity index is 3.65. The van der Waals surface area contributed by atoms with Crippen LogP contribution in [0.15, 0.2) is 0 Å². The summed E-state index contributed by atoms with van der Waals surface area (Å²) in [5.74, 6) is 0. The summed E-state index contributed by atoms with van der Waals surface area (Å²) in [6.45, 7) is 0. The summed E-state index contributed by atoms with van der Waals surface area (Å²) in [5.41, 5.74) is 0. The van der Waals surface area contributed by atoms with Crippen LogP contribution in [-0.4, -0.2) is 12.5 Å². The number of hydrogen-bond acceptors (Lipinski definition) is 1. The zero-order valence-electron chi connectivity index (χ0n) is 3.48. The molecule has 0 fully saturated rings. The van der Waals surface area contributed by atoms with Gasteiger partial charge in [-0.2, -0.15) is 0 Å². The van der Waals surface area contributed by atoms with Gasteiger partial charge in [0, 0.05) is 0 Å². The molecular formula is C2H2Cl4OS. The van der Waals surface area contributed by atoms with E-state index in [2.05, 4.69) is 0 Å². The number of halogens is 4. The molecule has 50 valence electrons. The van der Waals surface area contributed by atoms with Gasteiger partial charge in [0.25, 0.3) is 0 Å². The van der Waals surface area contributed by atoms with Gasteiger partial charge in [-0.05, 0) is 0 Å². The molecule has 0 aromatic carbocycles. The Morgan fingerprint density at radius 2 is 1.25 bits per heavy atom. The lowest BCUT2D eigenvalue weighted by molar-refractivity contribution is 0.686. The van der Waals surface area contributed by atoms with E-state index < -0.39 is 19.1 Å². The molecule has 0 aromatic heterocycles. The van der Waals surface area contributed by atoms with Gasteiger partial charge in [-0.25, -0.2) is 0 Å². The Morgan fingerprint density at radius 3 is 1.25 bits per heavy atom. The van der Waals surface area contributed by atoms with Crippen LogP contribution >= 0.6 is 46.4 Å². The van der Waals surface area contributed by atoms with Gasteiger partial charge >= 0.3 is 0 Å². The van der Waals surface area contributed by atoms with E-state index in [1.165, 1.54) is 0 Å². The molecular weight excluding hydrogens is 214 g/mol. The van der Waals surface area contributed by atoms with Gasteiger partial charge in [-0.15, -0.1) is 0 Å². The number of hydrogen-bond donors (Lipinski definition) is 0. The second kappa shape index (κ2) is 4.18. The fraction of sp³-hybridized carbons (Fsp3) is 1.00. The van der Waals surface area contributed by atoms with Crippen molar-refractivity contribution in [1.82, 2.24) is 0 Å². The first-order valence-electron chi connectivity index (χ1n) is 1.51. The van der Waals surface area contributed by atoms with Crippen LogP contribution in [-0.2, 0) is 10.8 Å². The van der Waals surface area contributed by atoms with Crippen molar-refractivity contribution in [3.63, 3.8) is 0 Å². The third-order valence-electron chi connectivity index (χ3n) is 0.351. The average Bonchev–Trinajstić information content (AvgIpc) is 1.64. The molecule has 0 aliphatic rings. The highest BCUT2D eigenvalue weighted by Gasteiger charge is 2.16. The monoisotopic (exact) mass is 214 g/mol. The Hall–Kier alpha value is 1.31. The van der Waals surface area contributed by atoms with E-state index >= 15 is 0 Å². The minimum atomic E-state index is -1.56. The van der Waals surface area contributed by atoms with Crippen molar-refractivity contribution < 1.29 is 4.21 Å². The summed E-state index contributed by atoms with van der Waals surface area (Å²) in [4.78, 5) is 0. The van der Waals surface area contributed by atoms with Crippen molar-refractivity contribution in [2.45, 2.75) is 8.34 Å². The lowest BCUT2D eigenvalue weighted by Gasteiger charge is -1.99. The van der Waals surface area contributed by atoms with Crippen molar-refractivity contribution in [2.24, 2.45) is 0 Å². The van der Waals surface area contributed by atoms with Crippen molar-refractivity contribution in [1.29, 1.82) is 0 Å². The molecule has 0 radical (unpaired) electrons. The Kier molecular flexibility index (Phi) is 4.86. The fourth-order valence-electron chi connectivity index (χ4n) is 0.0778. The van der Waals surface area contributed by atoms with Crippen molar-refractivity contribution >= 4 is 57.2 Å². The van der Waals surface area contributed by atoms with Crippen LogP contribution in [0, 0.1) is 0 Å². The van der Waals surface area contributed by atoms with E-state index in [-0.39, 0.29) is 0 Å². The molecule has 0 bridgehead atoms. The summed E-state index contributed by atoms with van der Waals surface area (Å²) in [7, 11) is -1.56. The molecule has 0 spiro atoms. The lowest BCUT2D eigenvalue weighted by Crippen LogP contribution is -2.06. The molecule has 0 saturated carbocycles. The van der Waals surface area contributed by atoms with Gasteiger partial charge in [0.15, 0.2) is 8.34 Å². The molecule has 0 unspecified atom stereocenters. The Morgan fingerprint density at radius 1 is 1.00 bits per heavy atom. The van der Waals surface area contributed by atoms with Crippen LogP contribution < -0.4 is 0 Å². The molecule has 0 amide bonds. The smallest absolute Gasteiger partial charge is 0.184 e. The first-order chi connectivity index (χ1) is 3.55. The molecule has 6 heteroatoms. The van der Waals surface area contributed by atoms with E-state index in [0.717, 1.165) is 0 Å². The second-order valence-corrected chi connectivity index (χ2v) is 5.68. The molecule has 0 aliphatic heterocycles. The zero-order valence-corrected chi connectivity index (χ0v) is 7.32. The molecule has 0 heterocycles. The molecule has 0 N–H and O–H groups in total. The normalized spacial score (nSPS) is 11.9. The summed E-state index contributed by atoms with van der Waals surface area (Å²) in [5, 5.41) is 0. The van der Waals surface area contributed by atoms with Crippen molar-refractivity contribution in [3.8, 4) is 0 Å². The fourth-order valence-corrected chi connectivity index (χ4v) is 2.10. The maximum atomic E-state index is 10.4. The predicted molar refractivity (Wildman–Crippen MR) is 39.1 cm³/mol. The molecule has 0 saturated heterocycles. The van der Waals surface area contributed by atoms with Crippen LogP contribution in [0.1, 0.15) is 0 Å². The van der Waals surface area contributed by atoms with Gasteiger partial charge < -0.3 is 0 Å². The molecule has 0 aromatic rings. The lowest BCUT2D eigenvalue weighted by atomic mass is 11.8. The van der Waals surface area contributed by atoms with Crippen LogP contribution in [0.4, 0.5) is 0 Å². The van der Waals surface area contributed by atoms with Crippen molar-refractivity contribution in [2.75, 3.05) is 0 Å². The second-order valence-electron chi connectivity index (χ2n) is 0.850. The van der Waals surface area contributed by atoms with E-state index in [4.69, 9.17) is 46.4 Å². The first-order valence-corrected chi connectivity index (χ1v) is 4.53. The van der Waals surface area contributed by atoms with Crippen LogP contribution in [0.25, 0.3) is 0 Å². The minimum absolute atomic E-state index is 1.00. The van der Waals surface area contributed by atoms with Gasteiger partial charge in [-0.1, -0.05) is 46.4 Å². The van der Waals surface area contributed by atoms with E-state index in [0.29, 0.717) is 0 Å². The highest BCUT2D eigenvalue weighted by molar-refractivity contribution is 7.91. The zero-order chi connectivity index (χ0) is 6.73. The van der Waals surface area contributed by atoms with E-state index in [9.17, 15) is 4.21 Å². The molecule has 0 atom stereocenters. The first kappa shape index (κ1) is 9.31. The Labute approximate surface area is 69.7 Å². The van der Waals surface area contributed by atoms with E-state index in [1.54, 1.807) is 0 Å². The topological polar surface area (TPSA) is 17.1 Å². The summed E-state index contributed by atoms with van der Waals surface area (Å²) >= 11 is 20.5. The molecule has 0 aliphatic carbocycles. The molecule has 1 nitrogen and oxygen atoms in total. The Bertz CT molecular complexity index is 82.0.